The van der Waals surface area contributed by atoms with Gasteiger partial charge in [-0.1, -0.05) is 28.9 Å². The van der Waals surface area contributed by atoms with E-state index in [0.29, 0.717) is 48.5 Å². The monoisotopic (exact) mass is 442 g/mol. The van der Waals surface area contributed by atoms with Crippen LogP contribution in [0, 0.1) is 20.8 Å². The highest BCUT2D eigenvalue weighted by atomic mass is 35.5. The van der Waals surface area contributed by atoms with E-state index in [0.717, 1.165) is 11.3 Å². The fourth-order valence-electron chi connectivity index (χ4n) is 3.65. The van der Waals surface area contributed by atoms with Gasteiger partial charge in [0.2, 0.25) is 11.7 Å². The number of hydrogen-bond donors (Lipinski definition) is 0. The van der Waals surface area contributed by atoms with Gasteiger partial charge in [-0.3, -0.25) is 9.59 Å². The van der Waals surface area contributed by atoms with Crippen molar-refractivity contribution in [1.29, 1.82) is 0 Å². The number of nitrogens with zero attached hydrogens (tertiary/aromatic N) is 6. The molecule has 0 radical (unpaired) electrons. The summed E-state index contributed by atoms with van der Waals surface area (Å²) in [6.45, 7) is 7.16. The van der Waals surface area contributed by atoms with Crippen LogP contribution >= 0.6 is 11.6 Å². The van der Waals surface area contributed by atoms with Crippen molar-refractivity contribution in [3.8, 4) is 5.69 Å². The van der Waals surface area contributed by atoms with Gasteiger partial charge in [0.15, 0.2) is 0 Å². The molecule has 3 aromatic rings. The Hall–Kier alpha value is -3.20. The third-order valence-corrected chi connectivity index (χ3v) is 5.79. The number of carbonyl (C=O) groups excluding carboxylic acids is 2. The summed E-state index contributed by atoms with van der Waals surface area (Å²) in [7, 11) is 0. The summed E-state index contributed by atoms with van der Waals surface area (Å²) in [4.78, 5) is 33.4. The Morgan fingerprint density at radius 3 is 2.39 bits per heavy atom. The Morgan fingerprint density at radius 1 is 1.06 bits per heavy atom. The van der Waals surface area contributed by atoms with E-state index in [4.69, 9.17) is 16.1 Å². The van der Waals surface area contributed by atoms with Gasteiger partial charge in [-0.05, 0) is 32.9 Å². The molecule has 10 heteroatoms. The minimum atomic E-state index is -0.258. The number of aryl methyl sites for hydroxylation is 3. The highest BCUT2D eigenvalue weighted by Crippen LogP contribution is 2.21. The molecular formula is C21H23ClN6O3. The van der Waals surface area contributed by atoms with Crippen molar-refractivity contribution in [2.24, 2.45) is 0 Å². The Balaban J connectivity index is 1.40. The first-order valence-corrected chi connectivity index (χ1v) is 10.4. The highest BCUT2D eigenvalue weighted by Gasteiger charge is 2.28. The molecule has 1 aliphatic rings. The van der Waals surface area contributed by atoms with Crippen molar-refractivity contribution >= 4 is 23.4 Å². The van der Waals surface area contributed by atoms with Crippen LogP contribution in [-0.2, 0) is 11.2 Å². The maximum Gasteiger partial charge on any atom is 0.293 e. The third-order valence-electron chi connectivity index (χ3n) is 5.47. The fraction of sp³-hybridized carbons (Fsp3) is 0.381. The average molecular weight is 443 g/mol. The van der Waals surface area contributed by atoms with Crippen LogP contribution in [0.25, 0.3) is 5.69 Å². The molecule has 3 heterocycles. The number of benzene rings is 1. The summed E-state index contributed by atoms with van der Waals surface area (Å²) in [5, 5.41) is 8.80. The Labute approximate surface area is 184 Å². The van der Waals surface area contributed by atoms with Crippen LogP contribution < -0.4 is 0 Å². The molecule has 31 heavy (non-hydrogen) atoms. The van der Waals surface area contributed by atoms with Gasteiger partial charge in [0, 0.05) is 31.7 Å². The molecule has 1 saturated heterocycles. The number of aromatic nitrogens is 4. The van der Waals surface area contributed by atoms with E-state index in [1.807, 2.05) is 25.1 Å². The molecule has 162 valence electrons. The fourth-order valence-corrected chi connectivity index (χ4v) is 3.87. The molecule has 0 unspecified atom stereocenters. The van der Waals surface area contributed by atoms with Crippen LogP contribution in [0.5, 0.6) is 0 Å². The standard InChI is InChI=1S/C21H23ClN6O3/c1-13-16(14(2)31-25-13)12-19(29)26-8-10-27(11-9-26)21(30)20-23-15(3)28(24-20)18-7-5-4-6-17(18)22/h4-7H,8-12H2,1-3H3. The van der Waals surface area contributed by atoms with E-state index in [2.05, 4.69) is 15.2 Å². The largest absolute Gasteiger partial charge is 0.361 e. The number of carbonyl (C=O) groups is 2. The van der Waals surface area contributed by atoms with Gasteiger partial charge in [0.1, 0.15) is 11.6 Å². The molecule has 2 amide bonds. The topological polar surface area (TPSA) is 97.4 Å². The Bertz CT molecular complexity index is 1110. The first-order chi connectivity index (χ1) is 14.8. The van der Waals surface area contributed by atoms with Crippen molar-refractivity contribution in [2.45, 2.75) is 27.2 Å². The zero-order chi connectivity index (χ0) is 22.1. The second-order valence-electron chi connectivity index (χ2n) is 7.50. The number of hydrogen-bond acceptors (Lipinski definition) is 6. The molecule has 0 saturated carbocycles. The minimum Gasteiger partial charge on any atom is -0.361 e. The number of para-hydroxylation sites is 1. The SMILES string of the molecule is Cc1noc(C)c1CC(=O)N1CCN(C(=O)c2nc(C)n(-c3ccccc3Cl)n2)CC1. The zero-order valence-corrected chi connectivity index (χ0v) is 18.4. The number of piperazine rings is 1. The highest BCUT2D eigenvalue weighted by molar-refractivity contribution is 6.32. The summed E-state index contributed by atoms with van der Waals surface area (Å²) >= 11 is 6.25. The van der Waals surface area contributed by atoms with Gasteiger partial charge in [-0.2, -0.15) is 0 Å². The second kappa shape index (κ2) is 8.50. The van der Waals surface area contributed by atoms with Gasteiger partial charge in [-0.25, -0.2) is 9.67 Å². The normalized spacial score (nSPS) is 14.2. The zero-order valence-electron chi connectivity index (χ0n) is 17.6. The van der Waals surface area contributed by atoms with Gasteiger partial charge in [0.05, 0.1) is 22.8 Å². The predicted octanol–water partition coefficient (Wildman–Crippen LogP) is 2.36. The molecule has 2 aromatic heterocycles. The molecule has 1 fully saturated rings. The van der Waals surface area contributed by atoms with Crippen molar-refractivity contribution in [3.63, 3.8) is 0 Å². The lowest BCUT2D eigenvalue weighted by molar-refractivity contribution is -0.131. The Kier molecular flexibility index (Phi) is 5.77. The molecule has 9 nitrogen and oxygen atoms in total. The second-order valence-corrected chi connectivity index (χ2v) is 7.91. The van der Waals surface area contributed by atoms with Crippen LogP contribution in [0.2, 0.25) is 5.02 Å². The van der Waals surface area contributed by atoms with E-state index >= 15 is 0 Å². The van der Waals surface area contributed by atoms with E-state index in [9.17, 15) is 9.59 Å². The molecular weight excluding hydrogens is 420 g/mol. The van der Waals surface area contributed by atoms with Crippen LogP contribution in [0.4, 0.5) is 0 Å². The maximum atomic E-state index is 12.9. The van der Waals surface area contributed by atoms with Crippen molar-refractivity contribution in [3.05, 3.63) is 58.0 Å². The first kappa shape index (κ1) is 21.0. The minimum absolute atomic E-state index is 0.00142. The molecule has 4 rings (SSSR count). The Morgan fingerprint density at radius 2 is 1.74 bits per heavy atom. The van der Waals surface area contributed by atoms with Crippen LogP contribution in [0.15, 0.2) is 28.8 Å². The number of rotatable bonds is 4. The summed E-state index contributed by atoms with van der Waals surface area (Å²) < 4.78 is 6.70. The summed E-state index contributed by atoms with van der Waals surface area (Å²) in [5.41, 5.74) is 2.23. The van der Waals surface area contributed by atoms with E-state index < -0.39 is 0 Å². The van der Waals surface area contributed by atoms with E-state index in [-0.39, 0.29) is 24.1 Å². The summed E-state index contributed by atoms with van der Waals surface area (Å²) in [6, 6.07) is 7.26. The van der Waals surface area contributed by atoms with Crippen molar-refractivity contribution in [2.75, 3.05) is 26.2 Å². The lowest BCUT2D eigenvalue weighted by Crippen LogP contribution is -2.51. The number of halogens is 1. The molecule has 1 aliphatic heterocycles. The van der Waals surface area contributed by atoms with Crippen molar-refractivity contribution < 1.29 is 14.1 Å². The van der Waals surface area contributed by atoms with Gasteiger partial charge >= 0.3 is 0 Å². The van der Waals surface area contributed by atoms with Crippen LogP contribution in [-0.4, -0.2) is 67.7 Å². The van der Waals surface area contributed by atoms with E-state index in [1.165, 1.54) is 0 Å². The lowest BCUT2D eigenvalue weighted by atomic mass is 10.1. The smallest absolute Gasteiger partial charge is 0.293 e. The number of amides is 2. The molecule has 0 bridgehead atoms. The molecule has 0 spiro atoms. The summed E-state index contributed by atoms with van der Waals surface area (Å²) in [6.07, 6.45) is 0.248. The lowest BCUT2D eigenvalue weighted by Gasteiger charge is -2.34. The maximum absolute atomic E-state index is 12.9. The van der Waals surface area contributed by atoms with E-state index in [1.54, 1.807) is 34.4 Å². The molecule has 0 aliphatic carbocycles. The van der Waals surface area contributed by atoms with Crippen molar-refractivity contribution in [1.82, 2.24) is 29.7 Å². The quantitative estimate of drug-likeness (QED) is 0.615. The average Bonchev–Trinajstić information content (AvgIpc) is 3.30. The van der Waals surface area contributed by atoms with Gasteiger partial charge in [-0.15, -0.1) is 5.10 Å². The summed E-state index contributed by atoms with van der Waals surface area (Å²) in [5.74, 6) is 1.10. The van der Waals surface area contributed by atoms with Crippen LogP contribution in [0.3, 0.4) is 0 Å². The molecule has 0 N–H and O–H groups in total. The third kappa shape index (κ3) is 4.18. The molecule has 1 aromatic carbocycles. The van der Waals surface area contributed by atoms with Gasteiger partial charge in [0.25, 0.3) is 5.91 Å². The molecule has 0 atom stereocenters. The van der Waals surface area contributed by atoms with Crippen LogP contribution in [0.1, 0.15) is 33.5 Å². The first-order valence-electron chi connectivity index (χ1n) is 10.0. The van der Waals surface area contributed by atoms with Gasteiger partial charge < -0.3 is 14.3 Å². The predicted molar refractivity (Wildman–Crippen MR) is 113 cm³/mol.